The summed E-state index contributed by atoms with van der Waals surface area (Å²) in [5, 5.41) is 9.63. The third kappa shape index (κ3) is 2.46. The number of carbonyl (C=O) groups is 1. The van der Waals surface area contributed by atoms with Crippen molar-refractivity contribution >= 4 is 11.9 Å². The fourth-order valence-corrected chi connectivity index (χ4v) is 2.32. The highest BCUT2D eigenvalue weighted by Gasteiger charge is 2.40. The van der Waals surface area contributed by atoms with Crippen molar-refractivity contribution in [2.75, 3.05) is 11.9 Å². The molecule has 1 amide bonds. The summed E-state index contributed by atoms with van der Waals surface area (Å²) in [6.45, 7) is 4.68. The Labute approximate surface area is 100 Å². The second-order valence-electron chi connectivity index (χ2n) is 4.46. The molecule has 94 valence electrons. The van der Waals surface area contributed by atoms with Gasteiger partial charge in [0.25, 0.3) is 0 Å². The van der Waals surface area contributed by atoms with Gasteiger partial charge in [0.2, 0.25) is 5.91 Å². The molecule has 0 aliphatic carbocycles. The van der Waals surface area contributed by atoms with E-state index in [2.05, 4.69) is 27.7 Å². The SMILES string of the molecule is CCCC1(C(=O)Nc2nc(C)no2)CCCN1. The number of rotatable bonds is 4. The molecule has 17 heavy (non-hydrogen) atoms. The lowest BCUT2D eigenvalue weighted by molar-refractivity contribution is -0.122. The lowest BCUT2D eigenvalue weighted by Gasteiger charge is -2.26. The molecular formula is C11H18N4O2. The molecule has 1 aromatic heterocycles. The molecule has 2 heterocycles. The monoisotopic (exact) mass is 238 g/mol. The predicted octanol–water partition coefficient (Wildman–Crippen LogP) is 1.24. The molecule has 0 saturated carbocycles. The van der Waals surface area contributed by atoms with E-state index in [9.17, 15) is 4.79 Å². The van der Waals surface area contributed by atoms with E-state index < -0.39 is 5.54 Å². The maximum absolute atomic E-state index is 12.2. The second kappa shape index (κ2) is 4.83. The molecule has 1 aliphatic heterocycles. The first kappa shape index (κ1) is 12.0. The molecule has 1 saturated heterocycles. The molecule has 0 radical (unpaired) electrons. The molecule has 0 spiro atoms. The molecule has 1 atom stereocenters. The van der Waals surface area contributed by atoms with Crippen molar-refractivity contribution in [3.05, 3.63) is 5.82 Å². The fraction of sp³-hybridized carbons (Fsp3) is 0.727. The number of anilines is 1. The third-order valence-corrected chi connectivity index (χ3v) is 3.10. The molecule has 2 N–H and O–H groups in total. The molecule has 0 aromatic carbocycles. The van der Waals surface area contributed by atoms with Crippen molar-refractivity contribution in [3.63, 3.8) is 0 Å². The van der Waals surface area contributed by atoms with Gasteiger partial charge in [-0.05, 0) is 32.7 Å². The number of hydrogen-bond acceptors (Lipinski definition) is 5. The Bertz CT molecular complexity index is 396. The Kier molecular flexibility index (Phi) is 3.42. The van der Waals surface area contributed by atoms with Crippen molar-refractivity contribution in [1.29, 1.82) is 0 Å². The minimum absolute atomic E-state index is 0.0690. The van der Waals surface area contributed by atoms with Crippen molar-refractivity contribution in [2.24, 2.45) is 0 Å². The quantitative estimate of drug-likeness (QED) is 0.825. The van der Waals surface area contributed by atoms with Crippen LogP contribution in [0.25, 0.3) is 0 Å². The first-order valence-corrected chi connectivity index (χ1v) is 6.03. The van der Waals surface area contributed by atoms with Crippen LogP contribution in [-0.4, -0.2) is 28.1 Å². The van der Waals surface area contributed by atoms with Crippen molar-refractivity contribution in [2.45, 2.75) is 45.1 Å². The van der Waals surface area contributed by atoms with E-state index in [1.165, 1.54) is 0 Å². The zero-order valence-electron chi connectivity index (χ0n) is 10.2. The van der Waals surface area contributed by atoms with E-state index in [0.717, 1.165) is 32.2 Å². The van der Waals surface area contributed by atoms with Gasteiger partial charge in [0, 0.05) is 0 Å². The normalized spacial score (nSPS) is 23.9. The van der Waals surface area contributed by atoms with Crippen molar-refractivity contribution in [3.8, 4) is 0 Å². The number of carbonyl (C=O) groups excluding carboxylic acids is 1. The van der Waals surface area contributed by atoms with E-state index in [0.29, 0.717) is 5.82 Å². The van der Waals surface area contributed by atoms with E-state index in [1.807, 2.05) is 0 Å². The topological polar surface area (TPSA) is 80.1 Å². The first-order valence-electron chi connectivity index (χ1n) is 6.03. The number of aryl methyl sites for hydroxylation is 1. The van der Waals surface area contributed by atoms with Crippen LogP contribution in [-0.2, 0) is 4.79 Å². The smallest absolute Gasteiger partial charge is 0.315 e. The minimum Gasteiger partial charge on any atom is -0.315 e. The number of hydrogen-bond donors (Lipinski definition) is 2. The number of nitrogens with one attached hydrogen (secondary N) is 2. The van der Waals surface area contributed by atoms with Gasteiger partial charge in [-0.2, -0.15) is 4.98 Å². The average Bonchev–Trinajstić information content (AvgIpc) is 2.89. The molecular weight excluding hydrogens is 220 g/mol. The van der Waals surface area contributed by atoms with Crippen LogP contribution in [0.3, 0.4) is 0 Å². The summed E-state index contributed by atoms with van der Waals surface area (Å²) < 4.78 is 4.90. The van der Waals surface area contributed by atoms with Crippen molar-refractivity contribution < 1.29 is 9.32 Å². The maximum atomic E-state index is 12.2. The summed E-state index contributed by atoms with van der Waals surface area (Å²) in [5.41, 5.74) is -0.461. The summed E-state index contributed by atoms with van der Waals surface area (Å²) in [6, 6.07) is 0.177. The van der Waals surface area contributed by atoms with Gasteiger partial charge in [0.1, 0.15) is 0 Å². The zero-order chi connectivity index (χ0) is 12.3. The summed E-state index contributed by atoms with van der Waals surface area (Å²) in [7, 11) is 0. The highest BCUT2D eigenvalue weighted by molar-refractivity contribution is 5.96. The van der Waals surface area contributed by atoms with Crippen LogP contribution in [0, 0.1) is 6.92 Å². The highest BCUT2D eigenvalue weighted by atomic mass is 16.5. The minimum atomic E-state index is -0.461. The van der Waals surface area contributed by atoms with Crippen LogP contribution in [0.2, 0.25) is 0 Å². The van der Waals surface area contributed by atoms with Crippen LogP contribution < -0.4 is 10.6 Å². The molecule has 0 bridgehead atoms. The van der Waals surface area contributed by atoms with Gasteiger partial charge in [-0.15, -0.1) is 0 Å². The Hall–Kier alpha value is -1.43. The van der Waals surface area contributed by atoms with Crippen LogP contribution in [0.5, 0.6) is 0 Å². The Balaban J connectivity index is 2.06. The second-order valence-corrected chi connectivity index (χ2v) is 4.46. The fourth-order valence-electron chi connectivity index (χ4n) is 2.32. The maximum Gasteiger partial charge on any atom is 0.328 e. The van der Waals surface area contributed by atoms with Crippen molar-refractivity contribution in [1.82, 2.24) is 15.5 Å². The summed E-state index contributed by atoms with van der Waals surface area (Å²) in [6.07, 6.45) is 3.67. The summed E-state index contributed by atoms with van der Waals surface area (Å²) >= 11 is 0. The van der Waals surface area contributed by atoms with Crippen LogP contribution >= 0.6 is 0 Å². The molecule has 1 aromatic rings. The third-order valence-electron chi connectivity index (χ3n) is 3.10. The molecule has 6 nitrogen and oxygen atoms in total. The number of nitrogens with zero attached hydrogens (tertiary/aromatic N) is 2. The van der Waals surface area contributed by atoms with Crippen LogP contribution in [0.15, 0.2) is 4.52 Å². The summed E-state index contributed by atoms with van der Waals surface area (Å²) in [5.74, 6) is 0.449. The Morgan fingerprint density at radius 3 is 3.00 bits per heavy atom. The van der Waals surface area contributed by atoms with E-state index in [4.69, 9.17) is 4.52 Å². The van der Waals surface area contributed by atoms with Gasteiger partial charge in [-0.3, -0.25) is 10.1 Å². The summed E-state index contributed by atoms with van der Waals surface area (Å²) in [4.78, 5) is 16.2. The average molecular weight is 238 g/mol. The van der Waals surface area contributed by atoms with Crippen LogP contribution in [0.1, 0.15) is 38.4 Å². The standard InChI is InChI=1S/C11H18N4O2/c1-3-5-11(6-4-7-12-11)9(16)14-10-13-8(2)15-17-10/h12H,3-7H2,1-2H3,(H,13,14,15,16). The number of amides is 1. The van der Waals surface area contributed by atoms with Gasteiger partial charge in [-0.1, -0.05) is 18.5 Å². The van der Waals surface area contributed by atoms with Gasteiger partial charge in [-0.25, -0.2) is 0 Å². The van der Waals surface area contributed by atoms with E-state index >= 15 is 0 Å². The van der Waals surface area contributed by atoms with Gasteiger partial charge < -0.3 is 9.84 Å². The highest BCUT2D eigenvalue weighted by Crippen LogP contribution is 2.26. The molecule has 2 rings (SSSR count). The van der Waals surface area contributed by atoms with Gasteiger partial charge in [0.15, 0.2) is 5.82 Å². The molecule has 1 fully saturated rings. The molecule has 1 aliphatic rings. The zero-order valence-corrected chi connectivity index (χ0v) is 10.2. The van der Waals surface area contributed by atoms with E-state index in [1.54, 1.807) is 6.92 Å². The Morgan fingerprint density at radius 2 is 2.47 bits per heavy atom. The van der Waals surface area contributed by atoms with Crippen LogP contribution in [0.4, 0.5) is 6.01 Å². The lowest BCUT2D eigenvalue weighted by Crippen LogP contribution is -2.50. The largest absolute Gasteiger partial charge is 0.328 e. The number of aromatic nitrogens is 2. The predicted molar refractivity (Wildman–Crippen MR) is 62.5 cm³/mol. The van der Waals surface area contributed by atoms with E-state index in [-0.39, 0.29) is 11.9 Å². The molecule has 6 heteroatoms. The van der Waals surface area contributed by atoms with Gasteiger partial charge >= 0.3 is 6.01 Å². The lowest BCUT2D eigenvalue weighted by atomic mass is 9.91. The Morgan fingerprint density at radius 1 is 1.65 bits per heavy atom. The van der Waals surface area contributed by atoms with Gasteiger partial charge in [0.05, 0.1) is 5.54 Å². The first-order chi connectivity index (χ1) is 8.16. The molecule has 1 unspecified atom stereocenters.